The fourth-order valence-electron chi connectivity index (χ4n) is 4.03. The molecule has 0 spiro atoms. The first-order chi connectivity index (χ1) is 15.6. The van der Waals surface area contributed by atoms with Crippen LogP contribution in [0.15, 0.2) is 34.9 Å². The third-order valence-corrected chi connectivity index (χ3v) is 11.2. The summed E-state index contributed by atoms with van der Waals surface area (Å²) in [6, 6.07) is 8.02. The Bertz CT molecular complexity index is 1320. The molecule has 0 fully saturated rings. The molecule has 1 aliphatic carbocycles. The largest absolute Gasteiger partial charge is 0.497 e. The summed E-state index contributed by atoms with van der Waals surface area (Å²) in [7, 11) is -0.649. The lowest BCUT2D eigenvalue weighted by molar-refractivity contribution is -0.302. The lowest BCUT2D eigenvalue weighted by atomic mass is 9.93. The van der Waals surface area contributed by atoms with Gasteiger partial charge in [0.25, 0.3) is 0 Å². The second kappa shape index (κ2) is 7.79. The highest BCUT2D eigenvalue weighted by atomic mass is 32.1. The predicted octanol–water partition coefficient (Wildman–Crippen LogP) is 8.87. The maximum atomic E-state index is 15.1. The van der Waals surface area contributed by atoms with E-state index in [1.54, 1.807) is 24.3 Å². The van der Waals surface area contributed by atoms with Gasteiger partial charge in [0.1, 0.15) is 5.75 Å². The van der Waals surface area contributed by atoms with Crippen molar-refractivity contribution in [3.05, 3.63) is 57.1 Å². The smallest absolute Gasteiger partial charge is 0.380 e. The molecule has 0 aliphatic heterocycles. The molecule has 0 atom stereocenters. The number of rotatable bonds is 4. The van der Waals surface area contributed by atoms with Gasteiger partial charge in [-0.25, -0.2) is 0 Å². The van der Waals surface area contributed by atoms with Crippen molar-refractivity contribution >= 4 is 48.2 Å². The number of methoxy groups -OCH3 is 1. The Labute approximate surface area is 203 Å². The van der Waals surface area contributed by atoms with Crippen LogP contribution in [0.2, 0.25) is 19.6 Å². The molecule has 0 saturated carbocycles. The maximum absolute atomic E-state index is 15.1. The van der Waals surface area contributed by atoms with Crippen LogP contribution in [0.3, 0.4) is 0 Å². The van der Waals surface area contributed by atoms with E-state index in [9.17, 15) is 8.78 Å². The third kappa shape index (κ3) is 3.43. The Morgan fingerprint density at radius 2 is 1.53 bits per heavy atom. The summed E-state index contributed by atoms with van der Waals surface area (Å²) in [5.74, 6) is -15.1. The minimum Gasteiger partial charge on any atom is -0.497 e. The zero-order valence-corrected chi connectivity index (χ0v) is 21.7. The summed E-state index contributed by atoms with van der Waals surface area (Å²) in [5, 5.41) is -0.281. The summed E-state index contributed by atoms with van der Waals surface area (Å²) in [5.41, 5.74) is -2.04. The molecule has 4 rings (SSSR count). The molecule has 34 heavy (non-hydrogen) atoms. The van der Waals surface area contributed by atoms with E-state index in [0.29, 0.717) is 20.7 Å². The SMILES string of the molecule is COc1ccc(-c2cc3c4c(c(/C=C(\S)[Si](C)(C)C)c(C)c3s2)C(F)(F)C(F)(F)C4(F)F)cc1. The van der Waals surface area contributed by atoms with Crippen LogP contribution in [-0.2, 0) is 11.8 Å². The molecule has 3 aromatic rings. The molecule has 2 aromatic carbocycles. The fraction of sp³-hybridized carbons (Fsp3) is 0.333. The third-order valence-electron chi connectivity index (χ3n) is 6.11. The Morgan fingerprint density at radius 3 is 2.06 bits per heavy atom. The van der Waals surface area contributed by atoms with E-state index >= 15 is 17.6 Å². The number of hydrogen-bond donors (Lipinski definition) is 1. The monoisotopic (exact) mass is 532 g/mol. The molecule has 0 radical (unpaired) electrons. The number of halogens is 6. The molecular weight excluding hydrogens is 510 g/mol. The number of thiol groups is 1. The summed E-state index contributed by atoms with van der Waals surface area (Å²) >= 11 is 5.52. The Morgan fingerprint density at radius 1 is 0.971 bits per heavy atom. The molecule has 1 nitrogen and oxygen atoms in total. The maximum Gasteiger partial charge on any atom is 0.380 e. The summed E-state index contributed by atoms with van der Waals surface area (Å²) in [6.07, 6.45) is 1.28. The Balaban J connectivity index is 2.12. The number of ether oxygens (including phenoxy) is 1. The van der Waals surface area contributed by atoms with Crippen molar-refractivity contribution < 1.29 is 31.1 Å². The van der Waals surface area contributed by atoms with Crippen LogP contribution in [0.5, 0.6) is 5.75 Å². The molecule has 0 N–H and O–H groups in total. The summed E-state index contributed by atoms with van der Waals surface area (Å²) in [4.78, 5) is 0.495. The van der Waals surface area contributed by atoms with E-state index in [0.717, 1.165) is 11.3 Å². The van der Waals surface area contributed by atoms with Gasteiger partial charge in [0.2, 0.25) is 0 Å². The van der Waals surface area contributed by atoms with Gasteiger partial charge in [0.15, 0.2) is 0 Å². The van der Waals surface area contributed by atoms with E-state index < -0.39 is 37.0 Å². The van der Waals surface area contributed by atoms with Crippen molar-refractivity contribution in [1.82, 2.24) is 0 Å². The second-order valence-electron chi connectivity index (χ2n) is 9.37. The number of thiophene rings is 1. The molecule has 0 unspecified atom stereocenters. The van der Waals surface area contributed by atoms with E-state index in [1.165, 1.54) is 26.2 Å². The first-order valence-corrected chi connectivity index (χ1v) is 15.1. The number of benzene rings is 2. The van der Waals surface area contributed by atoms with Gasteiger partial charge in [-0.1, -0.05) is 19.6 Å². The molecule has 0 amide bonds. The van der Waals surface area contributed by atoms with Crippen LogP contribution in [0.4, 0.5) is 26.3 Å². The van der Waals surface area contributed by atoms with Gasteiger partial charge in [-0.15, -0.1) is 11.3 Å². The zero-order valence-electron chi connectivity index (χ0n) is 19.0. The molecule has 1 heterocycles. The van der Waals surface area contributed by atoms with Crippen molar-refractivity contribution in [2.24, 2.45) is 0 Å². The highest BCUT2D eigenvalue weighted by Gasteiger charge is 2.80. The summed E-state index contributed by atoms with van der Waals surface area (Å²) < 4.78 is 95.2. The van der Waals surface area contributed by atoms with Crippen LogP contribution in [-0.4, -0.2) is 21.1 Å². The first-order valence-electron chi connectivity index (χ1n) is 10.4. The van der Waals surface area contributed by atoms with Crippen LogP contribution < -0.4 is 4.74 Å². The van der Waals surface area contributed by atoms with Gasteiger partial charge >= 0.3 is 17.8 Å². The van der Waals surface area contributed by atoms with Gasteiger partial charge in [0.05, 0.1) is 15.2 Å². The van der Waals surface area contributed by atoms with Crippen LogP contribution in [0.1, 0.15) is 22.3 Å². The van der Waals surface area contributed by atoms with Gasteiger partial charge in [-0.2, -0.15) is 39.0 Å². The molecule has 1 aromatic heterocycles. The van der Waals surface area contributed by atoms with Gasteiger partial charge in [0, 0.05) is 26.1 Å². The Kier molecular flexibility index (Phi) is 5.77. The number of aryl methyl sites for hydroxylation is 1. The van der Waals surface area contributed by atoms with Crippen LogP contribution in [0.25, 0.3) is 26.6 Å². The second-order valence-corrected chi connectivity index (χ2v) is 16.4. The lowest BCUT2D eigenvalue weighted by Gasteiger charge is -2.24. The molecule has 182 valence electrons. The van der Waals surface area contributed by atoms with E-state index in [-0.39, 0.29) is 21.2 Å². The number of alkyl halides is 6. The fourth-order valence-corrected chi connectivity index (χ4v) is 5.92. The first kappa shape index (κ1) is 25.2. The highest BCUT2D eigenvalue weighted by molar-refractivity contribution is 7.87. The van der Waals surface area contributed by atoms with E-state index in [1.807, 2.05) is 19.6 Å². The van der Waals surface area contributed by atoms with Crippen molar-refractivity contribution in [2.45, 2.75) is 44.3 Å². The number of fused-ring (bicyclic) bond motifs is 3. The van der Waals surface area contributed by atoms with Crippen molar-refractivity contribution in [3.63, 3.8) is 0 Å². The molecule has 10 heteroatoms. The highest BCUT2D eigenvalue weighted by Crippen LogP contribution is 2.66. The quantitative estimate of drug-likeness (QED) is 0.201. The molecule has 0 saturated heterocycles. The summed E-state index contributed by atoms with van der Waals surface area (Å²) in [6.45, 7) is 7.19. The van der Waals surface area contributed by atoms with Crippen molar-refractivity contribution in [1.29, 1.82) is 0 Å². The Hall–Kier alpha value is -1.91. The van der Waals surface area contributed by atoms with Gasteiger partial charge in [-0.3, -0.25) is 0 Å². The minimum atomic E-state index is -5.57. The van der Waals surface area contributed by atoms with Gasteiger partial charge < -0.3 is 4.74 Å². The van der Waals surface area contributed by atoms with Gasteiger partial charge in [-0.05, 0) is 64.6 Å². The van der Waals surface area contributed by atoms with Crippen molar-refractivity contribution in [2.75, 3.05) is 7.11 Å². The average molecular weight is 533 g/mol. The molecule has 0 bridgehead atoms. The zero-order chi connectivity index (χ0) is 25.4. The average Bonchev–Trinajstić information content (AvgIpc) is 3.22. The lowest BCUT2D eigenvalue weighted by Crippen LogP contribution is -2.43. The van der Waals surface area contributed by atoms with Crippen molar-refractivity contribution in [3.8, 4) is 16.2 Å². The van der Waals surface area contributed by atoms with E-state index in [4.69, 9.17) is 4.74 Å². The molecular formula is C24H22F6OS2Si. The normalized spacial score (nSPS) is 18.9. The topological polar surface area (TPSA) is 9.23 Å². The number of hydrogen-bond acceptors (Lipinski definition) is 3. The standard InChI is InChI=1S/C24H22F6OS2Si/c1-12-15(11-18(32)34(3,4)5)19-20(23(27,28)24(29,30)22(19,25)26)16-10-17(33-21(12)16)13-6-8-14(31-2)9-7-13/h6-11,32H,1-5H3/b18-11+. The van der Waals surface area contributed by atoms with Crippen LogP contribution in [0, 0.1) is 6.92 Å². The van der Waals surface area contributed by atoms with E-state index in [2.05, 4.69) is 12.6 Å². The minimum absolute atomic E-state index is 0.247. The molecule has 1 aliphatic rings. The van der Waals surface area contributed by atoms with Crippen LogP contribution >= 0.6 is 24.0 Å². The predicted molar refractivity (Wildman–Crippen MR) is 132 cm³/mol.